The summed E-state index contributed by atoms with van der Waals surface area (Å²) in [5.74, 6) is 0. The van der Waals surface area contributed by atoms with Crippen LogP contribution in [0.3, 0.4) is 0 Å². The maximum atomic E-state index is 4.22. The third-order valence-corrected chi connectivity index (χ3v) is 2.87. The molecule has 0 aromatic carbocycles. The van der Waals surface area contributed by atoms with Crippen molar-refractivity contribution >= 4 is 0 Å². The first kappa shape index (κ1) is 13.2. The molecule has 1 aliphatic heterocycles. The van der Waals surface area contributed by atoms with Gasteiger partial charge in [-0.15, -0.1) is 0 Å². The second-order valence-corrected chi connectivity index (χ2v) is 3.80. The van der Waals surface area contributed by atoms with Crippen LogP contribution in [0.25, 0.3) is 0 Å². The Morgan fingerprint density at radius 1 is 1.50 bits per heavy atom. The molecule has 1 aromatic heterocycles. The maximum absolute atomic E-state index is 4.22. The highest BCUT2D eigenvalue weighted by Gasteiger charge is 2.22. The van der Waals surface area contributed by atoms with Gasteiger partial charge in [0.05, 0.1) is 12.2 Å². The zero-order valence-electron chi connectivity index (χ0n) is 10.9. The molecule has 0 amide bonds. The quantitative estimate of drug-likeness (QED) is 0.824. The van der Waals surface area contributed by atoms with Gasteiger partial charge in [-0.25, -0.2) is 0 Å². The second kappa shape index (κ2) is 6.66. The molecular formula is C12H24N4. The minimum absolute atomic E-state index is 0.502. The van der Waals surface area contributed by atoms with Crippen LogP contribution < -0.4 is 5.32 Å². The van der Waals surface area contributed by atoms with Gasteiger partial charge in [0.25, 0.3) is 0 Å². The van der Waals surface area contributed by atoms with Crippen LogP contribution in [0.2, 0.25) is 0 Å². The van der Waals surface area contributed by atoms with Crippen LogP contribution in [-0.2, 0) is 7.05 Å². The molecule has 0 radical (unpaired) electrons. The number of aryl methyl sites for hydroxylation is 1. The third-order valence-electron chi connectivity index (χ3n) is 2.87. The highest BCUT2D eigenvalue weighted by Crippen LogP contribution is 2.20. The van der Waals surface area contributed by atoms with Gasteiger partial charge in [0.2, 0.25) is 0 Å². The topological polar surface area (TPSA) is 33.1 Å². The summed E-state index contributed by atoms with van der Waals surface area (Å²) >= 11 is 0. The molecule has 1 aliphatic rings. The molecule has 16 heavy (non-hydrogen) atoms. The number of likely N-dealkylation sites (N-methyl/N-ethyl adjacent to an activating group) is 1. The molecule has 4 nitrogen and oxygen atoms in total. The first-order valence-electron chi connectivity index (χ1n) is 6.24. The molecule has 1 saturated heterocycles. The number of hydrogen-bond acceptors (Lipinski definition) is 3. The Labute approximate surface area is 98.6 Å². The normalized spacial score (nSPS) is 21.4. The lowest BCUT2D eigenvalue weighted by Crippen LogP contribution is -2.45. The van der Waals surface area contributed by atoms with Crippen LogP contribution in [0.4, 0.5) is 0 Å². The van der Waals surface area contributed by atoms with Crippen molar-refractivity contribution in [2.24, 2.45) is 7.05 Å². The van der Waals surface area contributed by atoms with E-state index >= 15 is 0 Å². The van der Waals surface area contributed by atoms with Crippen molar-refractivity contribution in [2.75, 3.05) is 26.2 Å². The molecular weight excluding hydrogens is 200 g/mol. The van der Waals surface area contributed by atoms with Crippen molar-refractivity contribution in [1.82, 2.24) is 20.0 Å². The van der Waals surface area contributed by atoms with E-state index in [0.717, 1.165) is 26.2 Å². The molecule has 0 aliphatic carbocycles. The van der Waals surface area contributed by atoms with E-state index in [2.05, 4.69) is 28.4 Å². The summed E-state index contributed by atoms with van der Waals surface area (Å²) in [5.41, 5.74) is 1.32. The molecule has 92 valence electrons. The zero-order valence-corrected chi connectivity index (χ0v) is 10.9. The first-order chi connectivity index (χ1) is 7.81. The lowest BCUT2D eigenvalue weighted by atomic mass is 10.1. The number of nitrogens with zero attached hydrogens (tertiary/aromatic N) is 3. The fourth-order valence-corrected chi connectivity index (χ4v) is 2.07. The minimum Gasteiger partial charge on any atom is -0.314 e. The van der Waals surface area contributed by atoms with Crippen molar-refractivity contribution in [1.29, 1.82) is 0 Å². The Hall–Kier alpha value is -0.870. The van der Waals surface area contributed by atoms with Crippen molar-refractivity contribution < 1.29 is 0 Å². The molecule has 1 unspecified atom stereocenters. The average molecular weight is 224 g/mol. The highest BCUT2D eigenvalue weighted by atomic mass is 15.3. The molecule has 4 heteroatoms. The van der Waals surface area contributed by atoms with Crippen LogP contribution in [0.15, 0.2) is 12.4 Å². The van der Waals surface area contributed by atoms with Crippen LogP contribution in [0.5, 0.6) is 0 Å². The van der Waals surface area contributed by atoms with Crippen LogP contribution in [0.1, 0.15) is 32.4 Å². The monoisotopic (exact) mass is 224 g/mol. The van der Waals surface area contributed by atoms with Crippen molar-refractivity contribution in [2.45, 2.75) is 26.8 Å². The predicted octanol–water partition coefficient (Wildman–Crippen LogP) is 1.41. The van der Waals surface area contributed by atoms with Crippen LogP contribution in [0, 0.1) is 0 Å². The summed E-state index contributed by atoms with van der Waals surface area (Å²) in [6.45, 7) is 10.6. The molecule has 0 bridgehead atoms. The lowest BCUT2D eigenvalue weighted by molar-refractivity contribution is 0.171. The van der Waals surface area contributed by atoms with Crippen LogP contribution >= 0.6 is 0 Å². The minimum atomic E-state index is 0.502. The molecule has 0 spiro atoms. The Balaban J connectivity index is 0.000000606. The maximum Gasteiger partial charge on any atom is 0.0538 e. The molecule has 2 rings (SSSR count). The Bertz CT molecular complexity index is 295. The average Bonchev–Trinajstić information content (AvgIpc) is 2.78. The molecule has 1 N–H and O–H groups in total. The van der Waals surface area contributed by atoms with Gasteiger partial charge in [0.15, 0.2) is 0 Å². The van der Waals surface area contributed by atoms with E-state index in [9.17, 15) is 0 Å². The van der Waals surface area contributed by atoms with Crippen LogP contribution in [-0.4, -0.2) is 40.9 Å². The Morgan fingerprint density at radius 3 is 2.81 bits per heavy atom. The number of piperazine rings is 1. The molecule has 1 atom stereocenters. The fourth-order valence-electron chi connectivity index (χ4n) is 2.07. The molecule has 0 saturated carbocycles. The summed E-state index contributed by atoms with van der Waals surface area (Å²) < 4.78 is 1.87. The van der Waals surface area contributed by atoms with Crippen molar-refractivity contribution in [3.8, 4) is 0 Å². The largest absolute Gasteiger partial charge is 0.314 e. The Kier molecular flexibility index (Phi) is 5.49. The number of rotatable bonds is 2. The summed E-state index contributed by atoms with van der Waals surface area (Å²) in [7, 11) is 1.97. The van der Waals surface area contributed by atoms with E-state index in [-0.39, 0.29) is 0 Å². The number of nitrogens with one attached hydrogen (secondary N) is 1. The van der Waals surface area contributed by atoms with Crippen molar-refractivity contribution in [3.63, 3.8) is 0 Å². The highest BCUT2D eigenvalue weighted by molar-refractivity contribution is 5.12. The molecule has 2 heterocycles. The smallest absolute Gasteiger partial charge is 0.0538 e. The van der Waals surface area contributed by atoms with E-state index in [0.29, 0.717) is 6.04 Å². The van der Waals surface area contributed by atoms with Gasteiger partial charge in [-0.05, 0) is 6.54 Å². The van der Waals surface area contributed by atoms with E-state index in [1.165, 1.54) is 5.56 Å². The zero-order chi connectivity index (χ0) is 12.0. The van der Waals surface area contributed by atoms with E-state index in [1.54, 1.807) is 0 Å². The fraction of sp³-hybridized carbons (Fsp3) is 0.750. The Morgan fingerprint density at radius 2 is 2.25 bits per heavy atom. The van der Waals surface area contributed by atoms with Gasteiger partial charge < -0.3 is 5.32 Å². The van der Waals surface area contributed by atoms with Gasteiger partial charge in [-0.3, -0.25) is 9.58 Å². The molecule has 1 aromatic rings. The first-order valence-corrected chi connectivity index (χ1v) is 6.24. The van der Waals surface area contributed by atoms with E-state index in [1.807, 2.05) is 31.8 Å². The summed E-state index contributed by atoms with van der Waals surface area (Å²) in [6.07, 6.45) is 4.08. The van der Waals surface area contributed by atoms with Gasteiger partial charge in [-0.1, -0.05) is 20.8 Å². The van der Waals surface area contributed by atoms with Crippen molar-refractivity contribution in [3.05, 3.63) is 18.0 Å². The van der Waals surface area contributed by atoms with Gasteiger partial charge >= 0.3 is 0 Å². The third kappa shape index (κ3) is 3.06. The number of aromatic nitrogens is 2. The van der Waals surface area contributed by atoms with Gasteiger partial charge in [-0.2, -0.15) is 5.10 Å². The second-order valence-electron chi connectivity index (χ2n) is 3.80. The lowest BCUT2D eigenvalue weighted by Gasteiger charge is -2.34. The van der Waals surface area contributed by atoms with Gasteiger partial charge in [0, 0.05) is 38.4 Å². The van der Waals surface area contributed by atoms with E-state index < -0.39 is 0 Å². The SMILES string of the molecule is CC.CCN1CCNCC1c1cnn(C)c1. The summed E-state index contributed by atoms with van der Waals surface area (Å²) in [5, 5.41) is 7.65. The van der Waals surface area contributed by atoms with Gasteiger partial charge in [0.1, 0.15) is 0 Å². The predicted molar refractivity (Wildman–Crippen MR) is 67.4 cm³/mol. The standard InChI is InChI=1S/C10H18N4.C2H6/c1-3-14-5-4-11-7-10(14)9-6-12-13(2)8-9;1-2/h6,8,10-11H,3-5,7H2,1-2H3;1-2H3. The molecule has 1 fully saturated rings. The van der Waals surface area contributed by atoms with E-state index in [4.69, 9.17) is 0 Å². The number of hydrogen-bond donors (Lipinski definition) is 1. The summed E-state index contributed by atoms with van der Waals surface area (Å²) in [4.78, 5) is 2.49. The summed E-state index contributed by atoms with van der Waals surface area (Å²) in [6, 6.07) is 0.502.